The van der Waals surface area contributed by atoms with E-state index in [1.165, 1.54) is 6.39 Å². The normalized spacial score (nSPS) is 10.5. The van der Waals surface area contributed by atoms with Crippen LogP contribution in [-0.2, 0) is 6.42 Å². The molecule has 1 aromatic carbocycles. The lowest BCUT2D eigenvalue weighted by molar-refractivity contribution is 0.0942. The number of rotatable bonds is 5. The Bertz CT molecular complexity index is 660. The Morgan fingerprint density at radius 2 is 1.86 bits per heavy atom. The Hall–Kier alpha value is -2.63. The van der Waals surface area contributed by atoms with Gasteiger partial charge in [0.2, 0.25) is 0 Å². The molecule has 1 aromatic heterocycles. The molecule has 2 aromatic rings. The van der Waals surface area contributed by atoms with Crippen LogP contribution in [0.25, 0.3) is 0 Å². The number of nitrogens with one attached hydrogen (secondary N) is 2. The second kappa shape index (κ2) is 6.89. The van der Waals surface area contributed by atoms with Gasteiger partial charge in [-0.15, -0.1) is 0 Å². The zero-order valence-corrected chi connectivity index (χ0v) is 12.8. The van der Waals surface area contributed by atoms with Gasteiger partial charge in [-0.25, -0.2) is 4.98 Å². The van der Waals surface area contributed by atoms with E-state index in [0.29, 0.717) is 23.4 Å². The van der Waals surface area contributed by atoms with E-state index >= 15 is 0 Å². The Kier molecular flexibility index (Phi) is 4.93. The molecule has 0 spiro atoms. The summed E-state index contributed by atoms with van der Waals surface area (Å²) < 4.78 is 5.14. The SMILES string of the molecule is CCc1ocnc1C(=O)Nc1ccc(C(=O)NC(C)C)cc1. The number of benzene rings is 1. The molecule has 1 heterocycles. The fraction of sp³-hybridized carbons (Fsp3) is 0.312. The fourth-order valence-corrected chi connectivity index (χ4v) is 1.95. The van der Waals surface area contributed by atoms with Gasteiger partial charge in [0.25, 0.3) is 11.8 Å². The minimum Gasteiger partial charge on any atom is -0.448 e. The van der Waals surface area contributed by atoms with Crippen LogP contribution in [0.1, 0.15) is 47.4 Å². The van der Waals surface area contributed by atoms with Gasteiger partial charge in [0.15, 0.2) is 12.1 Å². The Morgan fingerprint density at radius 3 is 2.45 bits per heavy atom. The van der Waals surface area contributed by atoms with E-state index in [1.54, 1.807) is 24.3 Å². The summed E-state index contributed by atoms with van der Waals surface area (Å²) in [5.74, 6) is 0.0769. The molecule has 2 amide bonds. The fourth-order valence-electron chi connectivity index (χ4n) is 1.95. The summed E-state index contributed by atoms with van der Waals surface area (Å²) >= 11 is 0. The van der Waals surface area contributed by atoms with Crippen LogP contribution in [0.2, 0.25) is 0 Å². The molecule has 0 atom stereocenters. The average molecular weight is 301 g/mol. The molecule has 0 aliphatic heterocycles. The van der Waals surface area contributed by atoms with Crippen molar-refractivity contribution in [1.29, 1.82) is 0 Å². The topological polar surface area (TPSA) is 84.2 Å². The summed E-state index contributed by atoms with van der Waals surface area (Å²) in [6.07, 6.45) is 1.85. The van der Waals surface area contributed by atoms with Crippen molar-refractivity contribution >= 4 is 17.5 Å². The molecule has 0 bridgehead atoms. The highest BCUT2D eigenvalue weighted by Gasteiger charge is 2.15. The number of carbonyl (C=O) groups is 2. The van der Waals surface area contributed by atoms with Crippen LogP contribution in [-0.4, -0.2) is 22.8 Å². The Morgan fingerprint density at radius 1 is 1.18 bits per heavy atom. The quantitative estimate of drug-likeness (QED) is 0.889. The number of amides is 2. The number of oxazole rings is 1. The summed E-state index contributed by atoms with van der Waals surface area (Å²) in [5.41, 5.74) is 1.42. The molecule has 0 saturated heterocycles. The number of nitrogens with zero attached hydrogens (tertiary/aromatic N) is 1. The highest BCUT2D eigenvalue weighted by Crippen LogP contribution is 2.13. The standard InChI is InChI=1S/C16H19N3O3/c1-4-13-14(17-9-22-13)16(21)19-12-7-5-11(6-8-12)15(20)18-10(2)3/h5-10H,4H2,1-3H3,(H,18,20)(H,19,21). The lowest BCUT2D eigenvalue weighted by atomic mass is 10.2. The first kappa shape index (κ1) is 15.8. The first-order valence-corrected chi connectivity index (χ1v) is 7.16. The Labute approximate surface area is 128 Å². The number of hydrogen-bond acceptors (Lipinski definition) is 4. The van der Waals surface area contributed by atoms with Crippen molar-refractivity contribution in [2.24, 2.45) is 0 Å². The van der Waals surface area contributed by atoms with E-state index in [4.69, 9.17) is 4.42 Å². The molecule has 0 aliphatic carbocycles. The lowest BCUT2D eigenvalue weighted by Gasteiger charge is -2.09. The van der Waals surface area contributed by atoms with E-state index in [2.05, 4.69) is 15.6 Å². The molecule has 6 heteroatoms. The third-order valence-electron chi connectivity index (χ3n) is 3.00. The van der Waals surface area contributed by atoms with Crippen molar-refractivity contribution in [3.63, 3.8) is 0 Å². The maximum absolute atomic E-state index is 12.1. The van der Waals surface area contributed by atoms with E-state index in [9.17, 15) is 9.59 Å². The molecule has 0 saturated carbocycles. The predicted molar refractivity (Wildman–Crippen MR) is 82.9 cm³/mol. The molecule has 0 aliphatic rings. The second-order valence-electron chi connectivity index (χ2n) is 5.14. The van der Waals surface area contributed by atoms with Gasteiger partial charge in [0.1, 0.15) is 5.76 Å². The predicted octanol–water partition coefficient (Wildman–Crippen LogP) is 2.63. The third-order valence-corrected chi connectivity index (χ3v) is 3.00. The zero-order chi connectivity index (χ0) is 16.1. The van der Waals surface area contributed by atoms with Crippen molar-refractivity contribution in [3.8, 4) is 0 Å². The lowest BCUT2D eigenvalue weighted by Crippen LogP contribution is -2.30. The van der Waals surface area contributed by atoms with Crippen LogP contribution >= 0.6 is 0 Å². The number of aryl methyl sites for hydroxylation is 1. The third kappa shape index (κ3) is 3.72. The monoisotopic (exact) mass is 301 g/mol. The second-order valence-corrected chi connectivity index (χ2v) is 5.14. The molecule has 0 fully saturated rings. The first-order chi connectivity index (χ1) is 10.5. The van der Waals surface area contributed by atoms with Crippen molar-refractivity contribution in [3.05, 3.63) is 47.7 Å². The Balaban J connectivity index is 2.05. The number of aromatic nitrogens is 1. The zero-order valence-electron chi connectivity index (χ0n) is 12.8. The van der Waals surface area contributed by atoms with Crippen molar-refractivity contribution in [2.45, 2.75) is 33.2 Å². The van der Waals surface area contributed by atoms with Crippen LogP contribution in [0.3, 0.4) is 0 Å². The largest absolute Gasteiger partial charge is 0.448 e. The number of anilines is 1. The molecule has 2 N–H and O–H groups in total. The molecular formula is C16H19N3O3. The number of hydrogen-bond donors (Lipinski definition) is 2. The van der Waals surface area contributed by atoms with E-state index in [1.807, 2.05) is 20.8 Å². The van der Waals surface area contributed by atoms with E-state index in [-0.39, 0.29) is 23.6 Å². The smallest absolute Gasteiger partial charge is 0.277 e. The number of carbonyl (C=O) groups excluding carboxylic acids is 2. The maximum atomic E-state index is 12.1. The average Bonchev–Trinajstić information content (AvgIpc) is 2.95. The molecule has 2 rings (SSSR count). The molecule has 116 valence electrons. The van der Waals surface area contributed by atoms with Crippen molar-refractivity contribution in [2.75, 3.05) is 5.32 Å². The van der Waals surface area contributed by atoms with Crippen molar-refractivity contribution < 1.29 is 14.0 Å². The van der Waals surface area contributed by atoms with Gasteiger partial charge < -0.3 is 15.1 Å². The van der Waals surface area contributed by atoms with E-state index < -0.39 is 0 Å². The molecule has 22 heavy (non-hydrogen) atoms. The van der Waals surface area contributed by atoms with Gasteiger partial charge in [-0.3, -0.25) is 9.59 Å². The summed E-state index contributed by atoms with van der Waals surface area (Å²) in [6, 6.07) is 6.76. The van der Waals surface area contributed by atoms with Gasteiger partial charge >= 0.3 is 0 Å². The van der Waals surface area contributed by atoms with E-state index in [0.717, 1.165) is 0 Å². The van der Waals surface area contributed by atoms with Gasteiger partial charge in [-0.1, -0.05) is 6.92 Å². The summed E-state index contributed by atoms with van der Waals surface area (Å²) in [7, 11) is 0. The maximum Gasteiger partial charge on any atom is 0.277 e. The summed E-state index contributed by atoms with van der Waals surface area (Å²) in [6.45, 7) is 5.69. The molecule has 6 nitrogen and oxygen atoms in total. The summed E-state index contributed by atoms with van der Waals surface area (Å²) in [5, 5.41) is 5.54. The minimum atomic E-state index is -0.329. The molecular weight excluding hydrogens is 282 g/mol. The van der Waals surface area contributed by atoms with Crippen LogP contribution in [0, 0.1) is 0 Å². The van der Waals surface area contributed by atoms with Gasteiger partial charge in [0, 0.05) is 23.7 Å². The van der Waals surface area contributed by atoms with Crippen LogP contribution in [0.5, 0.6) is 0 Å². The van der Waals surface area contributed by atoms with Crippen molar-refractivity contribution in [1.82, 2.24) is 10.3 Å². The minimum absolute atomic E-state index is 0.0755. The van der Waals surface area contributed by atoms with Gasteiger partial charge in [-0.05, 0) is 38.1 Å². The highest BCUT2D eigenvalue weighted by molar-refractivity contribution is 6.03. The molecule has 0 radical (unpaired) electrons. The first-order valence-electron chi connectivity index (χ1n) is 7.16. The molecule has 0 unspecified atom stereocenters. The van der Waals surface area contributed by atoms with Crippen LogP contribution in [0.4, 0.5) is 5.69 Å². The van der Waals surface area contributed by atoms with Gasteiger partial charge in [-0.2, -0.15) is 0 Å². The summed E-state index contributed by atoms with van der Waals surface area (Å²) in [4.78, 5) is 27.9. The highest BCUT2D eigenvalue weighted by atomic mass is 16.3. The van der Waals surface area contributed by atoms with Crippen LogP contribution in [0.15, 0.2) is 35.1 Å². The van der Waals surface area contributed by atoms with Gasteiger partial charge in [0.05, 0.1) is 0 Å². The van der Waals surface area contributed by atoms with Crippen LogP contribution < -0.4 is 10.6 Å².